The van der Waals surface area contributed by atoms with Gasteiger partial charge < -0.3 is 5.11 Å². The molecule has 0 spiro atoms. The van der Waals surface area contributed by atoms with Gasteiger partial charge in [0, 0.05) is 17.2 Å². The molecule has 1 unspecified atom stereocenters. The average Bonchev–Trinajstić information content (AvgIpc) is 2.84. The van der Waals surface area contributed by atoms with Crippen molar-refractivity contribution in [3.8, 4) is 0 Å². The number of aryl methyl sites for hydroxylation is 1. The van der Waals surface area contributed by atoms with Crippen molar-refractivity contribution in [3.05, 3.63) is 52.3 Å². The Morgan fingerprint density at radius 2 is 2.21 bits per heavy atom. The summed E-state index contributed by atoms with van der Waals surface area (Å²) in [6, 6.07) is 7.43. The highest BCUT2D eigenvalue weighted by atomic mass is 79.9. The first-order valence-corrected chi connectivity index (χ1v) is 6.89. The smallest absolute Gasteiger partial charge is 0.311 e. The van der Waals surface area contributed by atoms with Crippen molar-refractivity contribution < 1.29 is 9.90 Å². The van der Waals surface area contributed by atoms with E-state index in [0.29, 0.717) is 6.42 Å². The van der Waals surface area contributed by atoms with E-state index in [9.17, 15) is 9.90 Å². The highest BCUT2D eigenvalue weighted by Crippen LogP contribution is 2.28. The first-order chi connectivity index (χ1) is 9.11. The molecule has 1 atom stereocenters. The molecular formula is C14H15BrN2O2. The summed E-state index contributed by atoms with van der Waals surface area (Å²) in [5.74, 6) is -1.39. The average molecular weight is 323 g/mol. The number of carboxylic acids is 1. The third-order valence-corrected chi connectivity index (χ3v) is 3.75. The van der Waals surface area contributed by atoms with E-state index in [1.54, 1.807) is 10.9 Å². The van der Waals surface area contributed by atoms with Crippen molar-refractivity contribution in [2.24, 2.45) is 0 Å². The van der Waals surface area contributed by atoms with Crippen molar-refractivity contribution in [1.82, 2.24) is 9.78 Å². The molecule has 100 valence electrons. The van der Waals surface area contributed by atoms with Gasteiger partial charge in [-0.15, -0.1) is 0 Å². The maximum atomic E-state index is 11.5. The van der Waals surface area contributed by atoms with Crippen molar-refractivity contribution in [3.63, 3.8) is 0 Å². The third-order valence-electron chi connectivity index (χ3n) is 3.03. The maximum absolute atomic E-state index is 11.5. The normalized spacial score (nSPS) is 12.3. The lowest BCUT2D eigenvalue weighted by molar-refractivity contribution is -0.138. The van der Waals surface area contributed by atoms with Gasteiger partial charge in [0.1, 0.15) is 0 Å². The summed E-state index contributed by atoms with van der Waals surface area (Å²) in [4.78, 5) is 11.5. The summed E-state index contributed by atoms with van der Waals surface area (Å²) < 4.78 is 2.62. The number of halogens is 1. The zero-order chi connectivity index (χ0) is 13.8. The van der Waals surface area contributed by atoms with Gasteiger partial charge in [-0.05, 0) is 30.5 Å². The van der Waals surface area contributed by atoms with E-state index in [2.05, 4.69) is 21.0 Å². The lowest BCUT2D eigenvalue weighted by Crippen LogP contribution is -2.14. The molecule has 0 aliphatic rings. The standard InChI is InChI=1S/C14H15BrN2O2/c1-2-17-9-10(8-16-17)7-12(14(18)19)11-5-3-4-6-13(11)15/h3-6,8-9,12H,2,7H2,1H3,(H,18,19). The van der Waals surface area contributed by atoms with E-state index in [-0.39, 0.29) is 0 Å². The number of hydrogen-bond acceptors (Lipinski definition) is 2. The Morgan fingerprint density at radius 1 is 1.47 bits per heavy atom. The molecule has 0 saturated carbocycles. The minimum absolute atomic E-state index is 0.442. The molecule has 2 aromatic rings. The molecule has 0 radical (unpaired) electrons. The van der Waals surface area contributed by atoms with Crippen LogP contribution in [0.15, 0.2) is 41.1 Å². The molecule has 2 rings (SSSR count). The molecule has 1 aromatic heterocycles. The molecule has 19 heavy (non-hydrogen) atoms. The Kier molecular flexibility index (Phi) is 4.37. The number of benzene rings is 1. The van der Waals surface area contributed by atoms with E-state index < -0.39 is 11.9 Å². The minimum atomic E-state index is -0.823. The maximum Gasteiger partial charge on any atom is 0.311 e. The van der Waals surface area contributed by atoms with Crippen molar-refractivity contribution in [1.29, 1.82) is 0 Å². The zero-order valence-corrected chi connectivity index (χ0v) is 12.2. The van der Waals surface area contributed by atoms with Gasteiger partial charge in [-0.2, -0.15) is 5.10 Å². The van der Waals surface area contributed by atoms with Gasteiger partial charge in [-0.3, -0.25) is 9.48 Å². The molecule has 0 aliphatic heterocycles. The fourth-order valence-corrected chi connectivity index (χ4v) is 2.57. The lowest BCUT2D eigenvalue weighted by Gasteiger charge is -2.13. The summed E-state index contributed by atoms with van der Waals surface area (Å²) in [5.41, 5.74) is 1.73. The molecule has 1 N–H and O–H groups in total. The van der Waals surface area contributed by atoms with Crippen LogP contribution < -0.4 is 0 Å². The van der Waals surface area contributed by atoms with E-state index in [4.69, 9.17) is 0 Å². The Hall–Kier alpha value is -1.62. The van der Waals surface area contributed by atoms with Gasteiger partial charge in [0.05, 0.1) is 12.1 Å². The van der Waals surface area contributed by atoms with Crippen molar-refractivity contribution in [2.75, 3.05) is 0 Å². The minimum Gasteiger partial charge on any atom is -0.481 e. The number of hydrogen-bond donors (Lipinski definition) is 1. The van der Waals surface area contributed by atoms with Crippen LogP contribution in [0.2, 0.25) is 0 Å². The second kappa shape index (κ2) is 6.02. The first-order valence-electron chi connectivity index (χ1n) is 6.10. The van der Waals surface area contributed by atoms with E-state index in [0.717, 1.165) is 22.1 Å². The Labute approximate surface area is 120 Å². The van der Waals surface area contributed by atoms with Crippen LogP contribution in [0.4, 0.5) is 0 Å². The van der Waals surface area contributed by atoms with Gasteiger partial charge in [0.15, 0.2) is 0 Å². The largest absolute Gasteiger partial charge is 0.481 e. The molecule has 4 nitrogen and oxygen atoms in total. The molecule has 0 fully saturated rings. The van der Waals surface area contributed by atoms with Crippen LogP contribution in [0, 0.1) is 0 Å². The number of aromatic nitrogens is 2. The summed E-state index contributed by atoms with van der Waals surface area (Å²) in [5, 5.41) is 13.6. The number of aliphatic carboxylic acids is 1. The summed E-state index contributed by atoms with van der Waals surface area (Å²) in [7, 11) is 0. The molecule has 5 heteroatoms. The molecule has 0 amide bonds. The molecule has 0 bridgehead atoms. The monoisotopic (exact) mass is 322 g/mol. The summed E-state index contributed by atoms with van der Waals surface area (Å²) in [6.45, 7) is 2.78. The number of rotatable bonds is 5. The van der Waals surface area contributed by atoms with Crippen molar-refractivity contribution in [2.45, 2.75) is 25.8 Å². The quantitative estimate of drug-likeness (QED) is 0.920. The predicted molar refractivity (Wildman–Crippen MR) is 76.1 cm³/mol. The zero-order valence-electron chi connectivity index (χ0n) is 10.6. The van der Waals surface area contributed by atoms with Crippen LogP contribution in [-0.2, 0) is 17.8 Å². The van der Waals surface area contributed by atoms with Crippen LogP contribution in [0.3, 0.4) is 0 Å². The summed E-state index contributed by atoms with van der Waals surface area (Å²) in [6.07, 6.45) is 4.07. The molecule has 1 aromatic carbocycles. The van der Waals surface area contributed by atoms with Gasteiger partial charge >= 0.3 is 5.97 Å². The Balaban J connectivity index is 2.26. The topological polar surface area (TPSA) is 55.1 Å². The number of carboxylic acid groups (broad SMARTS) is 1. The third kappa shape index (κ3) is 3.23. The SMILES string of the molecule is CCn1cc(CC(C(=O)O)c2ccccc2Br)cn1. The lowest BCUT2D eigenvalue weighted by atomic mass is 9.93. The van der Waals surface area contributed by atoms with Gasteiger partial charge in [0.2, 0.25) is 0 Å². The van der Waals surface area contributed by atoms with Crippen LogP contribution in [-0.4, -0.2) is 20.9 Å². The van der Waals surface area contributed by atoms with Crippen molar-refractivity contribution >= 4 is 21.9 Å². The fraction of sp³-hybridized carbons (Fsp3) is 0.286. The fourth-order valence-electron chi connectivity index (χ4n) is 2.01. The predicted octanol–water partition coefficient (Wildman–Crippen LogP) is 3.08. The second-order valence-electron chi connectivity index (χ2n) is 4.32. The second-order valence-corrected chi connectivity index (χ2v) is 5.18. The number of carbonyl (C=O) groups is 1. The van der Waals surface area contributed by atoms with Crippen LogP contribution in [0.5, 0.6) is 0 Å². The summed E-state index contributed by atoms with van der Waals surface area (Å²) >= 11 is 3.41. The Morgan fingerprint density at radius 3 is 2.79 bits per heavy atom. The van der Waals surface area contributed by atoms with E-state index >= 15 is 0 Å². The molecule has 1 heterocycles. The molecule has 0 saturated heterocycles. The molecule has 0 aliphatic carbocycles. The first kappa shape index (κ1) is 13.8. The van der Waals surface area contributed by atoms with Gasteiger partial charge in [-0.1, -0.05) is 34.1 Å². The van der Waals surface area contributed by atoms with Crippen LogP contribution in [0.1, 0.15) is 24.0 Å². The number of nitrogens with zero attached hydrogens (tertiary/aromatic N) is 2. The van der Waals surface area contributed by atoms with Gasteiger partial charge in [0.25, 0.3) is 0 Å². The Bertz CT molecular complexity index is 580. The van der Waals surface area contributed by atoms with E-state index in [1.165, 1.54) is 0 Å². The highest BCUT2D eigenvalue weighted by molar-refractivity contribution is 9.10. The van der Waals surface area contributed by atoms with E-state index in [1.807, 2.05) is 37.4 Å². The highest BCUT2D eigenvalue weighted by Gasteiger charge is 2.22. The van der Waals surface area contributed by atoms with Crippen LogP contribution >= 0.6 is 15.9 Å². The molecular weight excluding hydrogens is 308 g/mol. The van der Waals surface area contributed by atoms with Gasteiger partial charge in [-0.25, -0.2) is 0 Å². The van der Waals surface area contributed by atoms with Crippen LogP contribution in [0.25, 0.3) is 0 Å².